The summed E-state index contributed by atoms with van der Waals surface area (Å²) in [4.78, 5) is 12.5. The summed E-state index contributed by atoms with van der Waals surface area (Å²) in [5.74, 6) is 0.698. The fraction of sp³-hybridized carbons (Fsp3) is 0.588. The molecule has 0 aromatic heterocycles. The Balaban J connectivity index is 2.14. The third kappa shape index (κ3) is 2.66. The molecular formula is C17H24O. The van der Waals surface area contributed by atoms with E-state index in [-0.39, 0.29) is 11.3 Å². The highest BCUT2D eigenvalue weighted by Gasteiger charge is 2.38. The molecule has 0 spiro atoms. The molecule has 1 unspecified atom stereocenters. The van der Waals surface area contributed by atoms with E-state index in [1.807, 2.05) is 0 Å². The smallest absolute Gasteiger partial charge is 0.140 e. The van der Waals surface area contributed by atoms with Crippen molar-refractivity contribution in [2.45, 2.75) is 53.4 Å². The quantitative estimate of drug-likeness (QED) is 0.777. The van der Waals surface area contributed by atoms with Crippen LogP contribution in [0.2, 0.25) is 0 Å². The van der Waals surface area contributed by atoms with Crippen LogP contribution in [0.25, 0.3) is 0 Å². The normalized spacial score (nSPS) is 22.1. The molecule has 0 amide bonds. The summed E-state index contributed by atoms with van der Waals surface area (Å²) in [5.41, 5.74) is 3.90. The molecule has 98 valence electrons. The lowest BCUT2D eigenvalue weighted by atomic mass is 9.78. The predicted molar refractivity (Wildman–Crippen MR) is 75.7 cm³/mol. The van der Waals surface area contributed by atoms with Gasteiger partial charge in [-0.15, -0.1) is 0 Å². The number of Topliss-reactive ketones (excluding diaryl/α,β-unsaturated/α-hetero) is 1. The maximum atomic E-state index is 12.5. The summed E-state index contributed by atoms with van der Waals surface area (Å²) in [5, 5.41) is 0. The summed E-state index contributed by atoms with van der Waals surface area (Å²) in [6.45, 7) is 8.67. The second kappa shape index (κ2) is 4.87. The minimum atomic E-state index is 0.203. The fourth-order valence-corrected chi connectivity index (χ4v) is 3.23. The van der Waals surface area contributed by atoms with Crippen LogP contribution in [-0.2, 0) is 11.2 Å². The number of rotatable bonds is 3. The van der Waals surface area contributed by atoms with Gasteiger partial charge in [0.1, 0.15) is 5.78 Å². The summed E-state index contributed by atoms with van der Waals surface area (Å²) in [6, 6.07) is 6.40. The van der Waals surface area contributed by atoms with Gasteiger partial charge in [-0.3, -0.25) is 4.79 Å². The zero-order chi connectivity index (χ0) is 13.3. The molecule has 1 aromatic rings. The third-order valence-corrected chi connectivity index (χ3v) is 4.52. The topological polar surface area (TPSA) is 17.1 Å². The van der Waals surface area contributed by atoms with Crippen molar-refractivity contribution < 1.29 is 4.79 Å². The second-order valence-electron chi connectivity index (χ2n) is 6.51. The van der Waals surface area contributed by atoms with E-state index in [1.54, 1.807) is 0 Å². The molecular weight excluding hydrogens is 220 g/mol. The molecule has 2 rings (SSSR count). The lowest BCUT2D eigenvalue weighted by molar-refractivity contribution is -0.124. The average molecular weight is 244 g/mol. The van der Waals surface area contributed by atoms with E-state index in [4.69, 9.17) is 0 Å². The summed E-state index contributed by atoms with van der Waals surface area (Å²) < 4.78 is 0. The van der Waals surface area contributed by atoms with Crippen LogP contribution in [0.1, 0.15) is 49.8 Å². The van der Waals surface area contributed by atoms with E-state index in [9.17, 15) is 4.79 Å². The number of hydrogen-bond acceptors (Lipinski definition) is 1. The molecule has 1 atom stereocenters. The van der Waals surface area contributed by atoms with E-state index >= 15 is 0 Å². The standard InChI is InChI=1S/C17H24O/c1-12-7-8-13(2)14(10-12)11-16(18)15-6-5-9-17(15,3)4/h7-8,10,15H,5-6,9,11H2,1-4H3. The molecule has 1 heteroatoms. The molecule has 1 aliphatic carbocycles. The maximum absolute atomic E-state index is 12.5. The van der Waals surface area contributed by atoms with Gasteiger partial charge >= 0.3 is 0 Å². The molecule has 0 bridgehead atoms. The van der Waals surface area contributed by atoms with Crippen molar-refractivity contribution >= 4 is 5.78 Å². The molecule has 0 radical (unpaired) electrons. The minimum absolute atomic E-state index is 0.203. The number of aryl methyl sites for hydroxylation is 2. The molecule has 0 heterocycles. The highest BCUT2D eigenvalue weighted by molar-refractivity contribution is 5.84. The minimum Gasteiger partial charge on any atom is -0.299 e. The van der Waals surface area contributed by atoms with Crippen molar-refractivity contribution in [1.29, 1.82) is 0 Å². The van der Waals surface area contributed by atoms with Gasteiger partial charge < -0.3 is 0 Å². The van der Waals surface area contributed by atoms with Gasteiger partial charge in [0, 0.05) is 12.3 Å². The Morgan fingerprint density at radius 3 is 2.67 bits per heavy atom. The van der Waals surface area contributed by atoms with Gasteiger partial charge in [-0.1, -0.05) is 44.0 Å². The Morgan fingerprint density at radius 2 is 2.06 bits per heavy atom. The van der Waals surface area contributed by atoms with Gasteiger partial charge in [-0.05, 0) is 43.2 Å². The predicted octanol–water partition coefficient (Wildman–Crippen LogP) is 4.24. The molecule has 1 nitrogen and oxygen atoms in total. The Hall–Kier alpha value is -1.11. The van der Waals surface area contributed by atoms with Crippen LogP contribution in [0.15, 0.2) is 18.2 Å². The fourth-order valence-electron chi connectivity index (χ4n) is 3.23. The van der Waals surface area contributed by atoms with E-state index in [1.165, 1.54) is 29.5 Å². The molecule has 18 heavy (non-hydrogen) atoms. The van der Waals surface area contributed by atoms with Gasteiger partial charge in [0.2, 0.25) is 0 Å². The molecule has 0 N–H and O–H groups in total. The van der Waals surface area contributed by atoms with Crippen LogP contribution in [0.4, 0.5) is 0 Å². The van der Waals surface area contributed by atoms with E-state index in [0.29, 0.717) is 12.2 Å². The van der Waals surface area contributed by atoms with Crippen LogP contribution in [-0.4, -0.2) is 5.78 Å². The van der Waals surface area contributed by atoms with Crippen LogP contribution in [0.3, 0.4) is 0 Å². The lowest BCUT2D eigenvalue weighted by Gasteiger charge is -2.26. The summed E-state index contributed by atoms with van der Waals surface area (Å²) in [6.07, 6.45) is 4.09. The van der Waals surface area contributed by atoms with Crippen LogP contribution >= 0.6 is 0 Å². The van der Waals surface area contributed by atoms with Gasteiger partial charge in [0.15, 0.2) is 0 Å². The first-order chi connectivity index (χ1) is 8.40. The Bertz CT molecular complexity index is 457. The van der Waals surface area contributed by atoms with Gasteiger partial charge in [0.05, 0.1) is 0 Å². The Kier molecular flexibility index (Phi) is 3.61. The first-order valence-corrected chi connectivity index (χ1v) is 6.99. The maximum Gasteiger partial charge on any atom is 0.140 e. The third-order valence-electron chi connectivity index (χ3n) is 4.52. The van der Waals surface area contributed by atoms with E-state index < -0.39 is 0 Å². The average Bonchev–Trinajstić information content (AvgIpc) is 2.63. The monoisotopic (exact) mass is 244 g/mol. The number of hydrogen-bond donors (Lipinski definition) is 0. The lowest BCUT2D eigenvalue weighted by Crippen LogP contribution is -2.27. The number of ketones is 1. The molecule has 0 saturated heterocycles. The first kappa shape index (κ1) is 13.3. The molecule has 1 aliphatic rings. The van der Waals surface area contributed by atoms with E-state index in [0.717, 1.165) is 6.42 Å². The highest BCUT2D eigenvalue weighted by Crippen LogP contribution is 2.43. The SMILES string of the molecule is Cc1ccc(C)c(CC(=O)C2CCCC2(C)C)c1. The summed E-state index contributed by atoms with van der Waals surface area (Å²) in [7, 11) is 0. The number of carbonyl (C=O) groups excluding carboxylic acids is 1. The summed E-state index contributed by atoms with van der Waals surface area (Å²) >= 11 is 0. The van der Waals surface area contributed by atoms with Crippen molar-refractivity contribution in [2.75, 3.05) is 0 Å². The number of carbonyl (C=O) groups is 1. The van der Waals surface area contributed by atoms with Crippen molar-refractivity contribution in [3.63, 3.8) is 0 Å². The van der Waals surface area contributed by atoms with Crippen molar-refractivity contribution in [3.05, 3.63) is 34.9 Å². The molecule has 0 aliphatic heterocycles. The molecule has 1 aromatic carbocycles. The van der Waals surface area contributed by atoms with Crippen LogP contribution < -0.4 is 0 Å². The first-order valence-electron chi connectivity index (χ1n) is 6.99. The van der Waals surface area contributed by atoms with Crippen LogP contribution in [0, 0.1) is 25.2 Å². The van der Waals surface area contributed by atoms with Gasteiger partial charge in [-0.25, -0.2) is 0 Å². The van der Waals surface area contributed by atoms with Crippen molar-refractivity contribution in [1.82, 2.24) is 0 Å². The largest absolute Gasteiger partial charge is 0.299 e. The second-order valence-corrected chi connectivity index (χ2v) is 6.51. The van der Waals surface area contributed by atoms with Crippen molar-refractivity contribution in [2.24, 2.45) is 11.3 Å². The molecule has 1 fully saturated rings. The number of benzene rings is 1. The van der Waals surface area contributed by atoms with Crippen LogP contribution in [0.5, 0.6) is 0 Å². The van der Waals surface area contributed by atoms with E-state index in [2.05, 4.69) is 45.9 Å². The Morgan fingerprint density at radius 1 is 1.33 bits per heavy atom. The Labute approximate surface area is 111 Å². The van der Waals surface area contributed by atoms with Gasteiger partial charge in [0.25, 0.3) is 0 Å². The zero-order valence-corrected chi connectivity index (χ0v) is 12.0. The zero-order valence-electron chi connectivity index (χ0n) is 12.0. The van der Waals surface area contributed by atoms with Gasteiger partial charge in [-0.2, -0.15) is 0 Å². The van der Waals surface area contributed by atoms with Crippen molar-refractivity contribution in [3.8, 4) is 0 Å². The molecule has 1 saturated carbocycles. The highest BCUT2D eigenvalue weighted by atomic mass is 16.1.